The van der Waals surface area contributed by atoms with Crippen LogP contribution in [0.5, 0.6) is 5.75 Å². The van der Waals surface area contributed by atoms with Gasteiger partial charge >= 0.3 is 0 Å². The minimum atomic E-state index is 0.0363. The summed E-state index contributed by atoms with van der Waals surface area (Å²) in [5.74, 6) is 2.54. The van der Waals surface area contributed by atoms with E-state index in [4.69, 9.17) is 9.84 Å². The zero-order chi connectivity index (χ0) is 21.9. The topological polar surface area (TPSA) is 116 Å². The third kappa shape index (κ3) is 3.91. The highest BCUT2D eigenvalue weighted by Crippen LogP contribution is 2.21. The summed E-state index contributed by atoms with van der Waals surface area (Å²) in [6.07, 6.45) is 11.2. The van der Waals surface area contributed by atoms with Crippen LogP contribution in [0.4, 0.5) is 0 Å². The molecule has 5 aromatic rings. The van der Waals surface area contributed by atoms with Crippen molar-refractivity contribution in [2.75, 3.05) is 13.7 Å². The molecule has 4 aromatic heterocycles. The number of aliphatic hydroxyl groups excluding tert-OH is 1. The molecule has 10 nitrogen and oxygen atoms in total. The van der Waals surface area contributed by atoms with Crippen molar-refractivity contribution in [1.29, 1.82) is 0 Å². The van der Waals surface area contributed by atoms with Crippen LogP contribution in [0, 0.1) is 0 Å². The Morgan fingerprint density at radius 2 is 1.78 bits per heavy atom. The van der Waals surface area contributed by atoms with E-state index in [2.05, 4.69) is 30.2 Å². The Kier molecular flexibility index (Phi) is 5.26. The Labute approximate surface area is 183 Å². The fraction of sp³-hybridized carbons (Fsp3) is 0.182. The van der Waals surface area contributed by atoms with Crippen LogP contribution in [0.2, 0.25) is 0 Å². The van der Waals surface area contributed by atoms with Gasteiger partial charge in [0.25, 0.3) is 5.78 Å². The minimum absolute atomic E-state index is 0.0363. The van der Waals surface area contributed by atoms with Crippen molar-refractivity contribution in [1.82, 2.24) is 39.3 Å². The molecule has 0 bridgehead atoms. The SMILES string of the molecule is COc1cnc(-c2cccc(Cc3nnc4ncc(-c5cnn(CCO)c5)cn34)c2)nc1. The van der Waals surface area contributed by atoms with Gasteiger partial charge in [-0.2, -0.15) is 5.10 Å². The molecule has 0 unspecified atom stereocenters. The Morgan fingerprint density at radius 1 is 0.938 bits per heavy atom. The standard InChI is InChI=1S/C22H20N8O2/c1-32-19-11-23-21(24-12-19)16-4-2-3-15(7-16)8-20-27-28-22-25-9-17(14-30(20)22)18-10-26-29(13-18)5-6-31/h2-4,7,9-14,31H,5-6,8H2,1H3. The van der Waals surface area contributed by atoms with Crippen molar-refractivity contribution in [3.63, 3.8) is 0 Å². The first-order chi connectivity index (χ1) is 15.7. The third-order valence-electron chi connectivity index (χ3n) is 5.04. The van der Waals surface area contributed by atoms with Gasteiger partial charge in [0.2, 0.25) is 0 Å². The first kappa shape index (κ1) is 19.8. The van der Waals surface area contributed by atoms with Crippen LogP contribution in [0.3, 0.4) is 0 Å². The van der Waals surface area contributed by atoms with Gasteiger partial charge in [0.05, 0.1) is 38.9 Å². The molecule has 0 radical (unpaired) electrons. The minimum Gasteiger partial charge on any atom is -0.494 e. The van der Waals surface area contributed by atoms with Gasteiger partial charge in [-0.1, -0.05) is 18.2 Å². The highest BCUT2D eigenvalue weighted by molar-refractivity contribution is 5.61. The Balaban J connectivity index is 1.43. The van der Waals surface area contributed by atoms with Gasteiger partial charge in [-0.25, -0.2) is 15.0 Å². The van der Waals surface area contributed by atoms with Crippen LogP contribution in [0.15, 0.2) is 61.4 Å². The molecule has 0 aliphatic carbocycles. The number of ether oxygens (including phenoxy) is 1. The van der Waals surface area contributed by atoms with E-state index in [1.807, 2.05) is 41.1 Å². The second-order valence-electron chi connectivity index (χ2n) is 7.17. The molecule has 0 fully saturated rings. The number of aliphatic hydroxyl groups is 1. The van der Waals surface area contributed by atoms with Crippen LogP contribution in [-0.4, -0.2) is 58.2 Å². The molecular weight excluding hydrogens is 408 g/mol. The Hall–Kier alpha value is -4.18. The molecule has 0 atom stereocenters. The third-order valence-corrected chi connectivity index (χ3v) is 5.04. The van der Waals surface area contributed by atoms with Crippen LogP contribution in [0.1, 0.15) is 11.4 Å². The van der Waals surface area contributed by atoms with Gasteiger partial charge in [-0.05, 0) is 11.6 Å². The highest BCUT2D eigenvalue weighted by Gasteiger charge is 2.11. The predicted octanol–water partition coefficient (Wildman–Crippen LogP) is 2.04. The van der Waals surface area contributed by atoms with E-state index in [0.29, 0.717) is 30.3 Å². The van der Waals surface area contributed by atoms with Crippen molar-refractivity contribution in [2.45, 2.75) is 13.0 Å². The molecule has 0 saturated carbocycles. The molecule has 0 saturated heterocycles. The number of fused-ring (bicyclic) bond motifs is 1. The fourth-order valence-electron chi connectivity index (χ4n) is 3.41. The molecular formula is C22H20N8O2. The average Bonchev–Trinajstić information content (AvgIpc) is 3.47. The number of aromatic nitrogens is 8. The lowest BCUT2D eigenvalue weighted by atomic mass is 10.1. The van der Waals surface area contributed by atoms with Crippen molar-refractivity contribution < 1.29 is 9.84 Å². The van der Waals surface area contributed by atoms with Gasteiger partial charge in [0.1, 0.15) is 5.82 Å². The molecule has 0 aliphatic heterocycles. The summed E-state index contributed by atoms with van der Waals surface area (Å²) in [6, 6.07) is 8.01. The summed E-state index contributed by atoms with van der Waals surface area (Å²) in [4.78, 5) is 13.2. The molecule has 10 heteroatoms. The Morgan fingerprint density at radius 3 is 2.59 bits per heavy atom. The molecule has 1 N–H and O–H groups in total. The van der Waals surface area contributed by atoms with Gasteiger partial charge in [0.15, 0.2) is 11.6 Å². The van der Waals surface area contributed by atoms with E-state index in [0.717, 1.165) is 28.1 Å². The normalized spacial score (nSPS) is 11.2. The van der Waals surface area contributed by atoms with E-state index < -0.39 is 0 Å². The number of hydrogen-bond acceptors (Lipinski definition) is 8. The lowest BCUT2D eigenvalue weighted by Crippen LogP contribution is -2.01. The molecule has 1 aromatic carbocycles. The summed E-state index contributed by atoms with van der Waals surface area (Å²) >= 11 is 0. The maximum atomic E-state index is 9.10. The predicted molar refractivity (Wildman–Crippen MR) is 116 cm³/mol. The number of nitrogens with zero attached hydrogens (tertiary/aromatic N) is 8. The van der Waals surface area contributed by atoms with Gasteiger partial charge in [0, 0.05) is 41.7 Å². The van der Waals surface area contributed by atoms with E-state index >= 15 is 0 Å². The zero-order valence-corrected chi connectivity index (χ0v) is 17.3. The van der Waals surface area contributed by atoms with Crippen molar-refractivity contribution in [3.05, 3.63) is 72.8 Å². The smallest absolute Gasteiger partial charge is 0.254 e. The second kappa shape index (κ2) is 8.52. The van der Waals surface area contributed by atoms with Gasteiger partial charge < -0.3 is 9.84 Å². The number of methoxy groups -OCH3 is 1. The van der Waals surface area contributed by atoms with Crippen molar-refractivity contribution in [2.24, 2.45) is 0 Å². The van der Waals surface area contributed by atoms with E-state index in [-0.39, 0.29) is 6.61 Å². The monoisotopic (exact) mass is 428 g/mol. The first-order valence-corrected chi connectivity index (χ1v) is 10.0. The van der Waals surface area contributed by atoms with Crippen LogP contribution < -0.4 is 4.74 Å². The van der Waals surface area contributed by atoms with Crippen LogP contribution in [0.25, 0.3) is 28.3 Å². The summed E-state index contributed by atoms with van der Waals surface area (Å²) in [7, 11) is 1.59. The highest BCUT2D eigenvalue weighted by atomic mass is 16.5. The quantitative estimate of drug-likeness (QED) is 0.419. The summed E-state index contributed by atoms with van der Waals surface area (Å²) in [6.45, 7) is 0.483. The molecule has 32 heavy (non-hydrogen) atoms. The average molecular weight is 428 g/mol. The van der Waals surface area contributed by atoms with Crippen molar-refractivity contribution in [3.8, 4) is 28.3 Å². The van der Waals surface area contributed by atoms with E-state index in [1.165, 1.54) is 0 Å². The van der Waals surface area contributed by atoms with Crippen LogP contribution >= 0.6 is 0 Å². The molecule has 0 spiro atoms. The van der Waals surface area contributed by atoms with E-state index in [9.17, 15) is 0 Å². The lowest BCUT2D eigenvalue weighted by molar-refractivity contribution is 0.269. The molecule has 0 amide bonds. The zero-order valence-electron chi connectivity index (χ0n) is 17.3. The first-order valence-electron chi connectivity index (χ1n) is 10.0. The molecule has 160 valence electrons. The number of hydrogen-bond donors (Lipinski definition) is 1. The fourth-order valence-corrected chi connectivity index (χ4v) is 3.41. The number of benzene rings is 1. The van der Waals surface area contributed by atoms with Crippen LogP contribution in [-0.2, 0) is 13.0 Å². The number of rotatable bonds is 7. The maximum absolute atomic E-state index is 9.10. The molecule has 4 heterocycles. The summed E-state index contributed by atoms with van der Waals surface area (Å²) < 4.78 is 8.71. The van der Waals surface area contributed by atoms with E-state index in [1.54, 1.807) is 36.6 Å². The van der Waals surface area contributed by atoms with Gasteiger partial charge in [-0.3, -0.25) is 9.08 Å². The largest absolute Gasteiger partial charge is 0.494 e. The molecule has 5 rings (SSSR count). The van der Waals surface area contributed by atoms with Crippen molar-refractivity contribution >= 4 is 5.78 Å². The second-order valence-corrected chi connectivity index (χ2v) is 7.17. The Bertz CT molecular complexity index is 1360. The van der Waals surface area contributed by atoms with Gasteiger partial charge in [-0.15, -0.1) is 10.2 Å². The maximum Gasteiger partial charge on any atom is 0.254 e. The summed E-state index contributed by atoms with van der Waals surface area (Å²) in [5.41, 5.74) is 3.76. The summed E-state index contributed by atoms with van der Waals surface area (Å²) in [5, 5.41) is 21.9. The lowest BCUT2D eigenvalue weighted by Gasteiger charge is -2.05. The molecule has 0 aliphatic rings.